The number of aryl methyl sites for hydroxylation is 1. The number of carbonyl (C=O) groups is 1. The number of hydrogen-bond acceptors (Lipinski definition) is 5. The Balaban J connectivity index is 1.80. The highest BCUT2D eigenvalue weighted by Crippen LogP contribution is 2.15. The summed E-state index contributed by atoms with van der Waals surface area (Å²) in [5.74, 6) is 0.567. The monoisotopic (exact) mass is 253 g/mol. The predicted octanol–water partition coefficient (Wildman–Crippen LogP) is 0.626. The van der Waals surface area contributed by atoms with E-state index in [1.165, 1.54) is 0 Å². The summed E-state index contributed by atoms with van der Waals surface area (Å²) in [5.41, 5.74) is 0.739. The number of amides is 1. The van der Waals surface area contributed by atoms with Crippen molar-refractivity contribution in [1.29, 1.82) is 0 Å². The first-order valence-corrected chi connectivity index (χ1v) is 6.23. The van der Waals surface area contributed by atoms with Gasteiger partial charge in [-0.25, -0.2) is 0 Å². The van der Waals surface area contributed by atoms with E-state index in [0.29, 0.717) is 18.3 Å². The van der Waals surface area contributed by atoms with Gasteiger partial charge in [0, 0.05) is 19.2 Å². The van der Waals surface area contributed by atoms with Crippen molar-refractivity contribution in [1.82, 2.24) is 10.1 Å². The zero-order chi connectivity index (χ0) is 13.0. The van der Waals surface area contributed by atoms with Crippen molar-refractivity contribution in [3.8, 4) is 0 Å². The zero-order valence-electron chi connectivity index (χ0n) is 10.6. The lowest BCUT2D eigenvalue weighted by molar-refractivity contribution is -0.117. The van der Waals surface area contributed by atoms with Crippen molar-refractivity contribution in [2.24, 2.45) is 5.92 Å². The molecule has 18 heavy (non-hydrogen) atoms. The molecule has 1 amide bonds. The molecule has 2 N–H and O–H groups in total. The van der Waals surface area contributed by atoms with Gasteiger partial charge in [0.1, 0.15) is 0 Å². The largest absolute Gasteiger partial charge is 0.396 e. The maximum absolute atomic E-state index is 11.8. The normalized spacial score (nSPS) is 20.9. The Morgan fingerprint density at radius 3 is 3.22 bits per heavy atom. The Labute approximate surface area is 106 Å². The van der Waals surface area contributed by atoms with Crippen LogP contribution in [0.3, 0.4) is 0 Å². The van der Waals surface area contributed by atoms with Crippen LogP contribution >= 0.6 is 0 Å². The van der Waals surface area contributed by atoms with Crippen LogP contribution in [0, 0.1) is 12.8 Å². The van der Waals surface area contributed by atoms with Crippen molar-refractivity contribution in [2.75, 3.05) is 31.6 Å². The van der Waals surface area contributed by atoms with E-state index in [4.69, 9.17) is 9.63 Å². The second-order valence-electron chi connectivity index (χ2n) is 4.81. The number of rotatable bonds is 4. The van der Waals surface area contributed by atoms with Crippen LogP contribution in [-0.2, 0) is 4.79 Å². The molecule has 100 valence electrons. The molecule has 2 rings (SSSR count). The van der Waals surface area contributed by atoms with Crippen molar-refractivity contribution in [2.45, 2.75) is 19.8 Å². The molecule has 1 aromatic rings. The van der Waals surface area contributed by atoms with Crippen LogP contribution in [-0.4, -0.2) is 47.3 Å². The van der Waals surface area contributed by atoms with Gasteiger partial charge in [0.05, 0.1) is 12.2 Å². The average molecular weight is 253 g/mol. The van der Waals surface area contributed by atoms with Crippen molar-refractivity contribution in [3.63, 3.8) is 0 Å². The summed E-state index contributed by atoms with van der Waals surface area (Å²) in [5, 5.41) is 15.5. The van der Waals surface area contributed by atoms with E-state index in [2.05, 4.69) is 15.4 Å². The summed E-state index contributed by atoms with van der Waals surface area (Å²) in [7, 11) is 0. The van der Waals surface area contributed by atoms with E-state index in [9.17, 15) is 4.79 Å². The number of likely N-dealkylation sites (tertiary alicyclic amines) is 1. The third-order valence-corrected chi connectivity index (χ3v) is 3.12. The van der Waals surface area contributed by atoms with Crippen LogP contribution in [0.4, 0.5) is 5.88 Å². The molecule has 1 unspecified atom stereocenters. The summed E-state index contributed by atoms with van der Waals surface area (Å²) in [6, 6.07) is 1.69. The van der Waals surface area contributed by atoms with Gasteiger partial charge in [-0.15, -0.1) is 0 Å². The van der Waals surface area contributed by atoms with Crippen molar-refractivity contribution < 1.29 is 14.4 Å². The molecule has 6 nitrogen and oxygen atoms in total. The molecular weight excluding hydrogens is 234 g/mol. The molecule has 1 aliphatic rings. The Morgan fingerprint density at radius 1 is 1.72 bits per heavy atom. The number of nitrogens with zero attached hydrogens (tertiary/aromatic N) is 2. The quantitative estimate of drug-likeness (QED) is 0.822. The SMILES string of the molecule is Cc1cc(NC(=O)CN2CCCC(CO)C2)on1. The lowest BCUT2D eigenvalue weighted by Gasteiger charge is -2.30. The van der Waals surface area contributed by atoms with Gasteiger partial charge < -0.3 is 9.63 Å². The van der Waals surface area contributed by atoms with E-state index in [-0.39, 0.29) is 12.5 Å². The molecule has 2 heterocycles. The van der Waals surface area contributed by atoms with Crippen molar-refractivity contribution >= 4 is 11.8 Å². The maximum atomic E-state index is 11.8. The van der Waals surface area contributed by atoms with Gasteiger partial charge in [-0.2, -0.15) is 0 Å². The highest BCUT2D eigenvalue weighted by atomic mass is 16.5. The summed E-state index contributed by atoms with van der Waals surface area (Å²) in [4.78, 5) is 13.8. The van der Waals surface area contributed by atoms with Crippen LogP contribution in [0.15, 0.2) is 10.6 Å². The lowest BCUT2D eigenvalue weighted by Crippen LogP contribution is -2.41. The van der Waals surface area contributed by atoms with Gasteiger partial charge in [-0.05, 0) is 32.2 Å². The molecule has 0 aromatic carbocycles. The topological polar surface area (TPSA) is 78.6 Å². The molecule has 0 bridgehead atoms. The van der Waals surface area contributed by atoms with Gasteiger partial charge in [-0.3, -0.25) is 15.0 Å². The van der Waals surface area contributed by atoms with Gasteiger partial charge in [-0.1, -0.05) is 5.16 Å². The summed E-state index contributed by atoms with van der Waals surface area (Å²) < 4.78 is 4.93. The summed E-state index contributed by atoms with van der Waals surface area (Å²) >= 11 is 0. The molecule has 6 heteroatoms. The number of nitrogens with one attached hydrogen (secondary N) is 1. The standard InChI is InChI=1S/C12H19N3O3/c1-9-5-12(18-14-9)13-11(17)7-15-4-2-3-10(6-15)8-16/h5,10,16H,2-4,6-8H2,1H3,(H,13,17). The van der Waals surface area contributed by atoms with Crippen LogP contribution in [0.1, 0.15) is 18.5 Å². The fourth-order valence-electron chi connectivity index (χ4n) is 2.25. The average Bonchev–Trinajstić information content (AvgIpc) is 2.74. The third kappa shape index (κ3) is 3.54. The number of piperidine rings is 1. The first-order chi connectivity index (χ1) is 8.67. The van der Waals surface area contributed by atoms with E-state index in [1.54, 1.807) is 13.0 Å². The molecule has 1 saturated heterocycles. The minimum atomic E-state index is -0.107. The van der Waals surface area contributed by atoms with E-state index >= 15 is 0 Å². The number of aromatic nitrogens is 1. The minimum absolute atomic E-state index is 0.107. The molecule has 1 aliphatic heterocycles. The smallest absolute Gasteiger partial charge is 0.240 e. The van der Waals surface area contributed by atoms with Crippen LogP contribution in [0.25, 0.3) is 0 Å². The van der Waals surface area contributed by atoms with E-state index in [0.717, 1.165) is 31.6 Å². The van der Waals surface area contributed by atoms with Crippen molar-refractivity contribution in [3.05, 3.63) is 11.8 Å². The lowest BCUT2D eigenvalue weighted by atomic mass is 9.99. The minimum Gasteiger partial charge on any atom is -0.396 e. The molecule has 1 fully saturated rings. The predicted molar refractivity (Wildman–Crippen MR) is 66.1 cm³/mol. The van der Waals surface area contributed by atoms with Crippen LogP contribution in [0.5, 0.6) is 0 Å². The Morgan fingerprint density at radius 2 is 2.56 bits per heavy atom. The van der Waals surface area contributed by atoms with Gasteiger partial charge in [0.2, 0.25) is 11.8 Å². The molecule has 0 saturated carbocycles. The summed E-state index contributed by atoms with van der Waals surface area (Å²) in [6.07, 6.45) is 2.07. The first kappa shape index (κ1) is 13.0. The molecule has 0 spiro atoms. The Bertz CT molecular complexity index is 405. The second kappa shape index (κ2) is 5.97. The fraction of sp³-hybridized carbons (Fsp3) is 0.667. The molecular formula is C12H19N3O3. The van der Waals surface area contributed by atoms with Crippen LogP contribution < -0.4 is 5.32 Å². The number of hydrogen-bond donors (Lipinski definition) is 2. The highest BCUT2D eigenvalue weighted by Gasteiger charge is 2.21. The maximum Gasteiger partial charge on any atom is 0.240 e. The van der Waals surface area contributed by atoms with Crippen LogP contribution in [0.2, 0.25) is 0 Å². The Hall–Kier alpha value is -1.40. The van der Waals surface area contributed by atoms with Gasteiger partial charge >= 0.3 is 0 Å². The zero-order valence-corrected chi connectivity index (χ0v) is 10.6. The molecule has 0 radical (unpaired) electrons. The highest BCUT2D eigenvalue weighted by molar-refractivity contribution is 5.90. The molecule has 1 atom stereocenters. The first-order valence-electron chi connectivity index (χ1n) is 6.23. The molecule has 0 aliphatic carbocycles. The number of aliphatic hydroxyl groups is 1. The second-order valence-corrected chi connectivity index (χ2v) is 4.81. The number of carbonyl (C=O) groups excluding carboxylic acids is 1. The number of aliphatic hydroxyl groups excluding tert-OH is 1. The Kier molecular flexibility index (Phi) is 4.33. The fourth-order valence-corrected chi connectivity index (χ4v) is 2.25. The van der Waals surface area contributed by atoms with E-state index < -0.39 is 0 Å². The number of anilines is 1. The third-order valence-electron chi connectivity index (χ3n) is 3.12. The summed E-state index contributed by atoms with van der Waals surface area (Å²) in [6.45, 7) is 4.00. The van der Waals surface area contributed by atoms with E-state index in [1.807, 2.05) is 0 Å². The van der Waals surface area contributed by atoms with Gasteiger partial charge in [0.15, 0.2) is 0 Å². The van der Waals surface area contributed by atoms with Gasteiger partial charge in [0.25, 0.3) is 0 Å². The molecule has 1 aromatic heterocycles.